The number of hydrogen-bond acceptors (Lipinski definition) is 7. The van der Waals surface area contributed by atoms with Crippen molar-refractivity contribution in [3.8, 4) is 11.3 Å². The molecule has 0 saturated carbocycles. The Morgan fingerprint density at radius 3 is 2.41 bits per heavy atom. The number of pyridine rings is 2. The number of aryl methyl sites for hydroxylation is 1. The van der Waals surface area contributed by atoms with Gasteiger partial charge in [0.1, 0.15) is 11.3 Å². The number of morpholine rings is 1. The topological polar surface area (TPSA) is 118 Å². The van der Waals surface area contributed by atoms with Crippen LogP contribution in [0.25, 0.3) is 22.3 Å². The van der Waals surface area contributed by atoms with Crippen LogP contribution in [0.1, 0.15) is 37.0 Å². The smallest absolute Gasteiger partial charge is 0.331 e. The van der Waals surface area contributed by atoms with Crippen molar-refractivity contribution in [1.29, 1.82) is 0 Å². The van der Waals surface area contributed by atoms with Gasteiger partial charge in [-0.25, -0.2) is 14.8 Å². The number of aromatic amines is 1. The maximum absolute atomic E-state index is 13.5. The lowest BCUT2D eigenvalue weighted by Gasteiger charge is -2.29. The van der Waals surface area contributed by atoms with Crippen LogP contribution in [0, 0.1) is 5.95 Å². The third-order valence-electron chi connectivity index (χ3n) is 7.20. The van der Waals surface area contributed by atoms with Crippen LogP contribution in [0.2, 0.25) is 0 Å². The van der Waals surface area contributed by atoms with Gasteiger partial charge in [0, 0.05) is 62.9 Å². The first-order valence-electron chi connectivity index (χ1n) is 14.0. The van der Waals surface area contributed by atoms with E-state index in [-0.39, 0.29) is 22.7 Å². The molecule has 1 aliphatic heterocycles. The van der Waals surface area contributed by atoms with E-state index in [0.29, 0.717) is 73.9 Å². The Bertz CT molecular complexity index is 1620. The van der Waals surface area contributed by atoms with Crippen LogP contribution in [0.5, 0.6) is 0 Å². The van der Waals surface area contributed by atoms with Crippen LogP contribution in [0.4, 0.5) is 10.2 Å². The zero-order valence-electron chi connectivity index (χ0n) is 23.3. The van der Waals surface area contributed by atoms with Crippen LogP contribution in [0.15, 0.2) is 52.3 Å². The summed E-state index contributed by atoms with van der Waals surface area (Å²) < 4.78 is 21.8. The van der Waals surface area contributed by atoms with E-state index in [1.807, 2.05) is 19.9 Å². The summed E-state index contributed by atoms with van der Waals surface area (Å²) in [6.45, 7) is 8.57. The van der Waals surface area contributed by atoms with Crippen LogP contribution >= 0.6 is 0 Å². The van der Waals surface area contributed by atoms with E-state index in [9.17, 15) is 18.8 Å². The number of nitrogens with zero attached hydrogens (tertiary/aromatic N) is 6. The minimum atomic E-state index is -0.659. The van der Waals surface area contributed by atoms with Crippen molar-refractivity contribution in [1.82, 2.24) is 29.0 Å². The number of rotatable bonds is 10. The van der Waals surface area contributed by atoms with E-state index in [1.54, 1.807) is 27.8 Å². The summed E-state index contributed by atoms with van der Waals surface area (Å²) in [5.74, 6) is -0.564. The molecule has 5 heterocycles. The molecule has 41 heavy (non-hydrogen) atoms. The van der Waals surface area contributed by atoms with E-state index < -0.39 is 5.95 Å². The molecule has 0 radical (unpaired) electrons. The Morgan fingerprint density at radius 1 is 1.00 bits per heavy atom. The number of aromatic nitrogens is 5. The Labute approximate surface area is 236 Å². The molecule has 0 aliphatic carbocycles. The van der Waals surface area contributed by atoms with E-state index in [4.69, 9.17) is 4.74 Å². The van der Waals surface area contributed by atoms with Gasteiger partial charge in [0.25, 0.3) is 11.5 Å². The monoisotopic (exact) mass is 563 g/mol. The molecule has 0 spiro atoms. The summed E-state index contributed by atoms with van der Waals surface area (Å²) in [5, 5.41) is 0. The minimum Gasteiger partial charge on any atom is -0.379 e. The lowest BCUT2D eigenvalue weighted by Crippen LogP contribution is -2.43. The van der Waals surface area contributed by atoms with Gasteiger partial charge in [-0.3, -0.25) is 28.5 Å². The number of carbonyl (C=O) groups is 1. The third kappa shape index (κ3) is 5.98. The number of nitrogens with one attached hydrogen (secondary N) is 1. The fraction of sp³-hybridized carbons (Fsp3) is 0.414. The predicted molar refractivity (Wildman–Crippen MR) is 154 cm³/mol. The van der Waals surface area contributed by atoms with Gasteiger partial charge >= 0.3 is 5.69 Å². The fourth-order valence-corrected chi connectivity index (χ4v) is 5.06. The zero-order chi connectivity index (χ0) is 28.9. The molecular formula is C29H34FN7O4. The highest BCUT2D eigenvalue weighted by Crippen LogP contribution is 2.24. The third-order valence-corrected chi connectivity index (χ3v) is 7.20. The molecule has 1 aliphatic rings. The fourth-order valence-electron chi connectivity index (χ4n) is 5.06. The molecule has 12 heteroatoms. The van der Waals surface area contributed by atoms with Crippen molar-refractivity contribution in [2.45, 2.75) is 39.8 Å². The molecule has 1 fully saturated rings. The van der Waals surface area contributed by atoms with Gasteiger partial charge in [-0.1, -0.05) is 13.8 Å². The number of hydrogen-bond donors (Lipinski definition) is 1. The number of ether oxygens (including phenoxy) is 1. The Hall–Kier alpha value is -4.16. The molecule has 1 amide bonds. The predicted octanol–water partition coefficient (Wildman–Crippen LogP) is 2.89. The second-order valence-electron chi connectivity index (χ2n) is 10.0. The van der Waals surface area contributed by atoms with Gasteiger partial charge in [0.15, 0.2) is 0 Å². The molecule has 1 N–H and O–H groups in total. The number of H-pyrrole nitrogens is 1. The highest BCUT2D eigenvalue weighted by molar-refractivity contribution is 6.05. The average molecular weight is 564 g/mol. The largest absolute Gasteiger partial charge is 0.379 e. The molecular weight excluding hydrogens is 529 g/mol. The first-order chi connectivity index (χ1) is 19.9. The quantitative estimate of drug-likeness (QED) is 0.295. The lowest BCUT2D eigenvalue weighted by atomic mass is 10.2. The highest BCUT2D eigenvalue weighted by atomic mass is 19.1. The molecule has 0 atom stereocenters. The minimum absolute atomic E-state index is 0.257. The first kappa shape index (κ1) is 28.4. The van der Waals surface area contributed by atoms with Crippen molar-refractivity contribution in [3.05, 3.63) is 75.1 Å². The molecule has 0 unspecified atom stereocenters. The summed E-state index contributed by atoms with van der Waals surface area (Å²) in [6.07, 6.45) is 4.26. The molecule has 5 rings (SSSR count). The van der Waals surface area contributed by atoms with Crippen LogP contribution in [0.3, 0.4) is 0 Å². The van der Waals surface area contributed by atoms with E-state index >= 15 is 0 Å². The molecule has 1 saturated heterocycles. The van der Waals surface area contributed by atoms with Crippen LogP contribution < -0.4 is 16.1 Å². The van der Waals surface area contributed by atoms with Crippen LogP contribution in [-0.2, 0) is 17.8 Å². The second kappa shape index (κ2) is 12.6. The van der Waals surface area contributed by atoms with Gasteiger partial charge in [-0.15, -0.1) is 0 Å². The number of fused-ring (bicyclic) bond motifs is 1. The summed E-state index contributed by atoms with van der Waals surface area (Å²) in [6, 6.07) is 7.92. The van der Waals surface area contributed by atoms with E-state index in [1.165, 1.54) is 16.8 Å². The lowest BCUT2D eigenvalue weighted by molar-refractivity contribution is 0.0391. The van der Waals surface area contributed by atoms with Gasteiger partial charge < -0.3 is 9.72 Å². The maximum atomic E-state index is 13.5. The van der Waals surface area contributed by atoms with Gasteiger partial charge in [0.2, 0.25) is 5.95 Å². The Kier molecular flexibility index (Phi) is 8.70. The SMILES string of the molecule is CCCn1c(=O)c2[nH]c(-c3ccc(N(CCN4CCOCC4)C(=O)c4ccc(F)nc4)nc3)cc2n(CCC)c1=O. The first-order valence-corrected chi connectivity index (χ1v) is 14.0. The summed E-state index contributed by atoms with van der Waals surface area (Å²) in [7, 11) is 0. The van der Waals surface area contributed by atoms with Gasteiger partial charge in [-0.2, -0.15) is 4.39 Å². The van der Waals surface area contributed by atoms with Crippen LogP contribution in [-0.4, -0.2) is 74.3 Å². The molecule has 11 nitrogen and oxygen atoms in total. The molecule has 0 aromatic carbocycles. The van der Waals surface area contributed by atoms with Gasteiger partial charge in [0.05, 0.1) is 24.3 Å². The highest BCUT2D eigenvalue weighted by Gasteiger charge is 2.22. The normalized spacial score (nSPS) is 14.0. The molecule has 4 aromatic heterocycles. The summed E-state index contributed by atoms with van der Waals surface area (Å²) >= 11 is 0. The van der Waals surface area contributed by atoms with Crippen molar-refractivity contribution in [2.75, 3.05) is 44.3 Å². The molecule has 4 aromatic rings. The molecule has 0 bridgehead atoms. The maximum Gasteiger partial charge on any atom is 0.331 e. The molecule has 216 valence electrons. The number of carbonyl (C=O) groups excluding carboxylic acids is 1. The standard InChI is InChI=1S/C29H34FN7O4/c1-3-9-35-23-17-22(33-26(23)28(39)37(10-4-2)29(35)40)20-6-8-25(32-18-20)36(12-11-34-13-15-41-16-14-34)27(38)21-5-7-24(30)31-19-21/h5-8,17-19,33H,3-4,9-16H2,1-2H3. The second-order valence-corrected chi connectivity index (χ2v) is 10.0. The number of halogens is 1. The Balaban J connectivity index is 1.48. The van der Waals surface area contributed by atoms with Crippen molar-refractivity contribution in [2.24, 2.45) is 0 Å². The summed E-state index contributed by atoms with van der Waals surface area (Å²) in [5.41, 5.74) is 1.87. The van der Waals surface area contributed by atoms with Crippen molar-refractivity contribution < 1.29 is 13.9 Å². The van der Waals surface area contributed by atoms with Crippen molar-refractivity contribution in [3.63, 3.8) is 0 Å². The van der Waals surface area contributed by atoms with Gasteiger partial charge in [-0.05, 0) is 43.2 Å². The zero-order valence-corrected chi connectivity index (χ0v) is 23.3. The van der Waals surface area contributed by atoms with E-state index in [2.05, 4.69) is 19.9 Å². The summed E-state index contributed by atoms with van der Waals surface area (Å²) in [4.78, 5) is 54.8. The Morgan fingerprint density at radius 2 is 1.76 bits per heavy atom. The van der Waals surface area contributed by atoms with E-state index in [0.717, 1.165) is 25.6 Å². The van der Waals surface area contributed by atoms with Crippen molar-refractivity contribution >= 4 is 22.8 Å². The average Bonchev–Trinajstić information content (AvgIpc) is 3.44. The number of anilines is 1. The number of amides is 1.